The minimum absolute atomic E-state index is 0.0912. The smallest absolute Gasteiger partial charge is 0.337 e. The molecular weight excluding hydrogens is 400 g/mol. The van der Waals surface area contributed by atoms with Gasteiger partial charge in [0.2, 0.25) is 21.8 Å². The van der Waals surface area contributed by atoms with Crippen LogP contribution in [0.3, 0.4) is 0 Å². The highest BCUT2D eigenvalue weighted by Crippen LogP contribution is 2.15. The Balaban J connectivity index is 1.66. The molecule has 0 atom stereocenters. The van der Waals surface area contributed by atoms with Crippen molar-refractivity contribution in [3.05, 3.63) is 60.4 Å². The molecule has 3 aromatic rings. The molecule has 150 valence electrons. The number of carbonyl (C=O) groups is 2. The summed E-state index contributed by atoms with van der Waals surface area (Å²) in [5.41, 5.74) is 11.0. The molecule has 0 saturated heterocycles. The van der Waals surface area contributed by atoms with Gasteiger partial charge < -0.3 is 11.1 Å². The number of rotatable bonds is 4. The van der Waals surface area contributed by atoms with Crippen molar-refractivity contribution in [1.29, 1.82) is 0 Å². The number of aromatic nitrogens is 3. The number of carbonyl (C=O) groups excluding carboxylic acids is 2. The lowest BCUT2D eigenvalue weighted by Gasteiger charge is -2.07. The Labute approximate surface area is 164 Å². The predicted octanol–water partition coefficient (Wildman–Crippen LogP) is -0.0366. The Morgan fingerprint density at radius 1 is 0.966 bits per heavy atom. The van der Waals surface area contributed by atoms with E-state index < -0.39 is 22.0 Å². The zero-order valence-electron chi connectivity index (χ0n) is 14.7. The van der Waals surface area contributed by atoms with Crippen LogP contribution in [0.4, 0.5) is 16.4 Å². The highest BCUT2D eigenvalue weighted by atomic mass is 32.2. The summed E-state index contributed by atoms with van der Waals surface area (Å²) in [6.45, 7) is 0. The average molecular weight is 416 g/mol. The third-order valence-corrected chi connectivity index (χ3v) is 4.50. The number of hydrogen-bond donors (Lipinski definition) is 5. The molecule has 7 N–H and O–H groups in total. The van der Waals surface area contributed by atoms with Crippen LogP contribution in [0, 0.1) is 0 Å². The van der Waals surface area contributed by atoms with Crippen molar-refractivity contribution in [3.8, 4) is 5.69 Å². The van der Waals surface area contributed by atoms with Gasteiger partial charge in [0, 0.05) is 5.69 Å². The summed E-state index contributed by atoms with van der Waals surface area (Å²) in [5.74, 6) is -1.23. The second-order valence-electron chi connectivity index (χ2n) is 5.64. The number of sulfonamides is 1. The van der Waals surface area contributed by atoms with Gasteiger partial charge in [0.05, 0.1) is 10.6 Å². The van der Waals surface area contributed by atoms with E-state index in [2.05, 4.69) is 26.3 Å². The van der Waals surface area contributed by atoms with Crippen LogP contribution in [-0.4, -0.2) is 35.1 Å². The molecule has 0 radical (unpaired) electrons. The van der Waals surface area contributed by atoms with Crippen molar-refractivity contribution >= 4 is 33.6 Å². The molecule has 0 fully saturated rings. The molecule has 0 saturated carbocycles. The fourth-order valence-electron chi connectivity index (χ4n) is 2.24. The molecule has 1 heterocycles. The molecule has 0 aliphatic heterocycles. The van der Waals surface area contributed by atoms with Gasteiger partial charge in [-0.05, 0) is 36.4 Å². The van der Waals surface area contributed by atoms with E-state index in [1.807, 2.05) is 0 Å². The van der Waals surface area contributed by atoms with Gasteiger partial charge in [-0.15, -0.1) is 5.10 Å². The van der Waals surface area contributed by atoms with Gasteiger partial charge in [-0.2, -0.15) is 9.67 Å². The zero-order valence-corrected chi connectivity index (χ0v) is 15.6. The van der Waals surface area contributed by atoms with Gasteiger partial charge in [0.15, 0.2) is 0 Å². The average Bonchev–Trinajstić information content (AvgIpc) is 3.08. The van der Waals surface area contributed by atoms with Gasteiger partial charge >= 0.3 is 11.9 Å². The molecule has 13 heteroatoms. The van der Waals surface area contributed by atoms with E-state index in [0.717, 1.165) is 4.68 Å². The molecular formula is C16H16N8O4S. The normalized spacial score (nSPS) is 10.9. The van der Waals surface area contributed by atoms with Crippen molar-refractivity contribution in [1.82, 2.24) is 25.6 Å². The Hall–Kier alpha value is -3.97. The lowest BCUT2D eigenvalue weighted by Crippen LogP contribution is -2.44. The maximum absolute atomic E-state index is 12.1. The zero-order chi connectivity index (χ0) is 21.0. The third kappa shape index (κ3) is 4.85. The first-order chi connectivity index (χ1) is 13.7. The van der Waals surface area contributed by atoms with Crippen LogP contribution in [0.1, 0.15) is 10.6 Å². The van der Waals surface area contributed by atoms with Crippen molar-refractivity contribution in [2.75, 3.05) is 11.1 Å². The lowest BCUT2D eigenvalue weighted by atomic mass is 10.3. The molecule has 3 rings (SSSR count). The molecule has 0 spiro atoms. The van der Waals surface area contributed by atoms with E-state index in [1.54, 1.807) is 30.3 Å². The van der Waals surface area contributed by atoms with Crippen LogP contribution < -0.4 is 27.0 Å². The number of nitrogens with two attached hydrogens (primary N) is 2. The quantitative estimate of drug-likeness (QED) is 0.369. The van der Waals surface area contributed by atoms with Crippen molar-refractivity contribution < 1.29 is 18.0 Å². The lowest BCUT2D eigenvalue weighted by molar-refractivity contribution is 0.0927. The summed E-state index contributed by atoms with van der Waals surface area (Å²) >= 11 is 0. The summed E-state index contributed by atoms with van der Waals surface area (Å²) < 4.78 is 23.7. The minimum Gasteiger partial charge on any atom is -0.368 e. The van der Waals surface area contributed by atoms with Crippen LogP contribution in [0.15, 0.2) is 59.5 Å². The molecule has 12 nitrogen and oxygen atoms in total. The van der Waals surface area contributed by atoms with E-state index >= 15 is 0 Å². The predicted molar refractivity (Wildman–Crippen MR) is 103 cm³/mol. The SMILES string of the molecule is Nc1nc(C(=O)NNC(=O)Nc2ccccc2)nn1-c1ccc(S(N)(=O)=O)cc1. The molecule has 1 aromatic heterocycles. The van der Waals surface area contributed by atoms with E-state index in [4.69, 9.17) is 10.9 Å². The number of urea groups is 1. The highest BCUT2D eigenvalue weighted by Gasteiger charge is 2.17. The fourth-order valence-corrected chi connectivity index (χ4v) is 2.76. The number of nitrogen functional groups attached to an aromatic ring is 1. The number of nitrogens with one attached hydrogen (secondary N) is 3. The van der Waals surface area contributed by atoms with Crippen LogP contribution >= 0.6 is 0 Å². The van der Waals surface area contributed by atoms with Crippen LogP contribution in [0.2, 0.25) is 0 Å². The first-order valence-corrected chi connectivity index (χ1v) is 9.57. The Morgan fingerprint density at radius 2 is 1.62 bits per heavy atom. The standard InChI is InChI=1S/C16H16N8O4S/c17-15-20-13(14(25)21-22-16(26)19-10-4-2-1-3-5-10)23-24(15)11-6-8-12(9-7-11)29(18,27)28/h1-9H,(H,21,25)(H2,17,20,23)(H2,18,27,28)(H2,19,22,26). The van der Waals surface area contributed by atoms with Gasteiger partial charge in [-0.3, -0.25) is 10.2 Å². The summed E-state index contributed by atoms with van der Waals surface area (Å²) in [6, 6.07) is 13.3. The van der Waals surface area contributed by atoms with E-state index in [-0.39, 0.29) is 16.7 Å². The Kier molecular flexibility index (Phi) is 5.43. The Morgan fingerprint density at radius 3 is 2.24 bits per heavy atom. The van der Waals surface area contributed by atoms with Crippen LogP contribution in [-0.2, 0) is 10.0 Å². The monoisotopic (exact) mass is 416 g/mol. The third-order valence-electron chi connectivity index (χ3n) is 3.57. The van der Waals surface area contributed by atoms with Crippen molar-refractivity contribution in [2.45, 2.75) is 4.90 Å². The van der Waals surface area contributed by atoms with E-state index in [1.165, 1.54) is 24.3 Å². The molecule has 0 unspecified atom stereocenters. The van der Waals surface area contributed by atoms with Gasteiger partial charge in [0.25, 0.3) is 0 Å². The number of hydrogen-bond acceptors (Lipinski definition) is 7. The number of nitrogens with zero attached hydrogens (tertiary/aromatic N) is 3. The number of para-hydroxylation sites is 1. The van der Waals surface area contributed by atoms with Crippen LogP contribution in [0.5, 0.6) is 0 Å². The van der Waals surface area contributed by atoms with Gasteiger partial charge in [0.1, 0.15) is 0 Å². The summed E-state index contributed by atoms with van der Waals surface area (Å²) in [4.78, 5) is 27.7. The summed E-state index contributed by atoms with van der Waals surface area (Å²) in [6.07, 6.45) is 0. The molecule has 2 aromatic carbocycles. The molecule has 0 aliphatic carbocycles. The van der Waals surface area contributed by atoms with Crippen molar-refractivity contribution in [3.63, 3.8) is 0 Å². The maximum atomic E-state index is 12.1. The van der Waals surface area contributed by atoms with Gasteiger partial charge in [-0.1, -0.05) is 18.2 Å². The molecule has 0 aliphatic rings. The van der Waals surface area contributed by atoms with Gasteiger partial charge in [-0.25, -0.2) is 23.8 Å². The second kappa shape index (κ2) is 7.95. The number of hydrazine groups is 1. The Bertz CT molecular complexity index is 1140. The van der Waals surface area contributed by atoms with Crippen molar-refractivity contribution in [2.24, 2.45) is 5.14 Å². The number of primary sulfonamides is 1. The van der Waals surface area contributed by atoms with Crippen LogP contribution in [0.25, 0.3) is 5.69 Å². The maximum Gasteiger partial charge on any atom is 0.337 e. The topological polar surface area (TPSA) is 187 Å². The first kappa shape index (κ1) is 19.8. The van der Waals surface area contributed by atoms with E-state index in [0.29, 0.717) is 11.4 Å². The molecule has 0 bridgehead atoms. The highest BCUT2D eigenvalue weighted by molar-refractivity contribution is 7.89. The summed E-state index contributed by atoms with van der Waals surface area (Å²) in [5, 5.41) is 11.5. The first-order valence-electron chi connectivity index (χ1n) is 8.02. The van der Waals surface area contributed by atoms with E-state index in [9.17, 15) is 18.0 Å². The second-order valence-corrected chi connectivity index (χ2v) is 7.21. The summed E-state index contributed by atoms with van der Waals surface area (Å²) in [7, 11) is -3.85. The largest absolute Gasteiger partial charge is 0.368 e. The number of anilines is 2. The molecule has 3 amide bonds. The molecule has 29 heavy (non-hydrogen) atoms. The fraction of sp³-hybridized carbons (Fsp3) is 0. The number of amides is 3. The number of benzene rings is 2. The minimum atomic E-state index is -3.85.